The fourth-order valence-corrected chi connectivity index (χ4v) is 0.839. The molecule has 0 atom stereocenters. The summed E-state index contributed by atoms with van der Waals surface area (Å²) < 4.78 is 5.08. The predicted octanol–water partition coefficient (Wildman–Crippen LogP) is 0.767. The first-order valence-electron chi connectivity index (χ1n) is 2.94. The van der Waals surface area contributed by atoms with E-state index in [1.807, 2.05) is 22.6 Å². The summed E-state index contributed by atoms with van der Waals surface area (Å²) in [5.41, 5.74) is 0. The van der Waals surface area contributed by atoms with E-state index in [1.165, 1.54) is 0 Å². The number of azo groups is 1. The normalized spacial score (nSPS) is 20.0. The van der Waals surface area contributed by atoms with Crippen LogP contribution in [-0.4, -0.2) is 10.4 Å². The number of ether oxygens (including phenoxy) is 1. The van der Waals surface area contributed by atoms with Crippen LogP contribution in [0, 0.1) is 0 Å². The second-order valence-electron chi connectivity index (χ2n) is 1.62. The Morgan fingerprint density at radius 3 is 2.82 bits per heavy atom. The summed E-state index contributed by atoms with van der Waals surface area (Å²) in [7, 11) is 0. The minimum atomic E-state index is -0.525. The van der Waals surface area contributed by atoms with Gasteiger partial charge in [-0.15, -0.1) is 10.2 Å². The van der Waals surface area contributed by atoms with Crippen LogP contribution >= 0.6 is 22.6 Å². The maximum Gasteiger partial charge on any atom is 0.214 e. The number of nitrogens with zero attached hydrogens (tertiary/aromatic N) is 3. The van der Waals surface area contributed by atoms with E-state index < -0.39 is 5.95 Å². The van der Waals surface area contributed by atoms with E-state index in [0.717, 1.165) is 0 Å². The van der Waals surface area contributed by atoms with E-state index in [2.05, 4.69) is 20.0 Å². The zero-order chi connectivity index (χ0) is 8.27. The van der Waals surface area contributed by atoms with Crippen LogP contribution in [0.3, 0.4) is 0 Å². The molecule has 0 amide bonds. The number of hydrogen-bond acceptors (Lipinski definition) is 5. The van der Waals surface area contributed by atoms with E-state index in [0.29, 0.717) is 10.4 Å². The molecule has 11 heavy (non-hydrogen) atoms. The maximum absolute atomic E-state index is 10.9. The van der Waals surface area contributed by atoms with Gasteiger partial charge in [-0.1, -0.05) is 6.92 Å². The van der Waals surface area contributed by atoms with Gasteiger partial charge in [-0.05, 0) is 6.61 Å². The van der Waals surface area contributed by atoms with Crippen molar-refractivity contribution in [1.29, 1.82) is 0 Å². The lowest BCUT2D eigenvalue weighted by Gasteiger charge is -2.11. The molecule has 0 fully saturated rings. The van der Waals surface area contributed by atoms with E-state index in [1.54, 1.807) is 6.92 Å². The number of hydrogen-bond donors (Lipinski definition) is 0. The summed E-state index contributed by atoms with van der Waals surface area (Å²) in [5.74, 6) is -0.501. The molecule has 0 unspecified atom stereocenters. The third-order valence-corrected chi connectivity index (χ3v) is 1.34. The molecule has 1 heterocycles. The Morgan fingerprint density at radius 1 is 1.64 bits per heavy atom. The highest BCUT2D eigenvalue weighted by Crippen LogP contribution is 2.15. The molecule has 0 aromatic heterocycles. The van der Waals surface area contributed by atoms with Crippen molar-refractivity contribution in [2.45, 2.75) is 6.92 Å². The fraction of sp³-hybridized carbons (Fsp3) is 0.400. The molecule has 0 saturated heterocycles. The third kappa shape index (κ3) is 2.14. The highest BCUT2D eigenvalue weighted by Gasteiger charge is 2.04. The summed E-state index contributed by atoms with van der Waals surface area (Å²) in [4.78, 5) is 3.72. The Hall–Kier alpha value is -0.660. The highest BCUT2D eigenvalue weighted by molar-refractivity contribution is 14.1. The molecule has 60 valence electrons. The van der Waals surface area contributed by atoms with Crippen molar-refractivity contribution < 1.29 is 9.84 Å². The molecule has 0 bridgehead atoms. The van der Waals surface area contributed by atoms with Gasteiger partial charge in [-0.3, -0.25) is 0 Å². The van der Waals surface area contributed by atoms with E-state index in [4.69, 9.17) is 0 Å². The number of aliphatic imine (C=N–C) groups is 1. The second kappa shape index (κ2) is 3.65. The topological polar surface area (TPSA) is 69.4 Å². The van der Waals surface area contributed by atoms with Crippen LogP contribution in [0.15, 0.2) is 27.0 Å². The molecule has 1 rings (SSSR count). The standard InChI is InChI=1S/C5H6IN3O2/c1-2-11-4(10)3-7-5(6)9-8-3/h10H,2H2,1H3/p-1. The number of rotatable bonds is 2. The Kier molecular flexibility index (Phi) is 2.80. The first-order valence-corrected chi connectivity index (χ1v) is 4.02. The van der Waals surface area contributed by atoms with Crippen LogP contribution in [0.5, 0.6) is 0 Å². The summed E-state index contributed by atoms with van der Waals surface area (Å²) in [6.45, 7) is 2.04. The minimum Gasteiger partial charge on any atom is -0.611 e. The highest BCUT2D eigenvalue weighted by atomic mass is 127. The van der Waals surface area contributed by atoms with Crippen LogP contribution < -0.4 is 5.11 Å². The van der Waals surface area contributed by atoms with E-state index >= 15 is 0 Å². The van der Waals surface area contributed by atoms with Gasteiger partial charge in [0.15, 0.2) is 5.82 Å². The molecule has 0 aromatic rings. The molecular formula is C5H5IN3O2-. The lowest BCUT2D eigenvalue weighted by Crippen LogP contribution is -2.09. The SMILES string of the molecule is CCOC([O-])=C1N=NC(I)=N1. The van der Waals surface area contributed by atoms with Crippen molar-refractivity contribution in [1.82, 2.24) is 0 Å². The van der Waals surface area contributed by atoms with Gasteiger partial charge in [-0.2, -0.15) is 4.99 Å². The van der Waals surface area contributed by atoms with Crippen molar-refractivity contribution >= 4 is 26.4 Å². The smallest absolute Gasteiger partial charge is 0.214 e. The zero-order valence-electron chi connectivity index (χ0n) is 5.74. The molecule has 1 aliphatic rings. The molecule has 1 aliphatic heterocycles. The fourth-order valence-electron chi connectivity index (χ4n) is 0.503. The van der Waals surface area contributed by atoms with Gasteiger partial charge in [-0.25, -0.2) is 0 Å². The van der Waals surface area contributed by atoms with Crippen LogP contribution in [0.2, 0.25) is 0 Å². The lowest BCUT2D eigenvalue weighted by molar-refractivity contribution is -0.358. The molecule has 0 aromatic carbocycles. The molecule has 0 N–H and O–H groups in total. The zero-order valence-corrected chi connectivity index (χ0v) is 7.90. The lowest BCUT2D eigenvalue weighted by atomic mass is 10.7. The number of halogens is 1. The van der Waals surface area contributed by atoms with Crippen molar-refractivity contribution in [3.8, 4) is 0 Å². The van der Waals surface area contributed by atoms with Crippen LogP contribution in [0.1, 0.15) is 6.92 Å². The van der Waals surface area contributed by atoms with Gasteiger partial charge < -0.3 is 9.84 Å². The molecule has 0 aliphatic carbocycles. The average Bonchev–Trinajstić information content (AvgIpc) is 2.36. The van der Waals surface area contributed by atoms with E-state index in [9.17, 15) is 5.11 Å². The van der Waals surface area contributed by atoms with Gasteiger partial charge >= 0.3 is 0 Å². The summed E-state index contributed by atoms with van der Waals surface area (Å²) in [6, 6.07) is 0. The Bertz CT molecular complexity index is 246. The van der Waals surface area contributed by atoms with Crippen LogP contribution in [-0.2, 0) is 4.74 Å². The summed E-state index contributed by atoms with van der Waals surface area (Å²) >= 11 is 1.87. The molecule has 6 heteroatoms. The third-order valence-electron chi connectivity index (χ3n) is 0.883. The quantitative estimate of drug-likeness (QED) is 0.420. The molecule has 5 nitrogen and oxygen atoms in total. The summed E-state index contributed by atoms with van der Waals surface area (Å²) in [6.07, 6.45) is 0. The van der Waals surface area contributed by atoms with Gasteiger partial charge in [0.05, 0.1) is 5.95 Å². The van der Waals surface area contributed by atoms with Crippen molar-refractivity contribution in [2.24, 2.45) is 15.2 Å². The van der Waals surface area contributed by atoms with Gasteiger partial charge in [0.1, 0.15) is 0 Å². The Morgan fingerprint density at radius 2 is 2.36 bits per heavy atom. The monoisotopic (exact) mass is 266 g/mol. The van der Waals surface area contributed by atoms with Gasteiger partial charge in [0, 0.05) is 22.6 Å². The molecule has 0 spiro atoms. The summed E-state index contributed by atoms with van der Waals surface area (Å²) in [5, 5.41) is 17.9. The predicted molar refractivity (Wildman–Crippen MR) is 45.0 cm³/mol. The maximum atomic E-state index is 10.9. The average molecular weight is 266 g/mol. The van der Waals surface area contributed by atoms with Crippen molar-refractivity contribution in [3.63, 3.8) is 0 Å². The van der Waals surface area contributed by atoms with Crippen LogP contribution in [0.4, 0.5) is 0 Å². The Balaban J connectivity index is 2.74. The van der Waals surface area contributed by atoms with Crippen LogP contribution in [0.25, 0.3) is 0 Å². The first kappa shape index (κ1) is 8.44. The van der Waals surface area contributed by atoms with Gasteiger partial charge in [0.2, 0.25) is 3.84 Å². The van der Waals surface area contributed by atoms with E-state index in [-0.39, 0.29) is 5.82 Å². The minimum absolute atomic E-state index is 0.0243. The first-order chi connectivity index (χ1) is 5.24. The van der Waals surface area contributed by atoms with Gasteiger partial charge in [0.25, 0.3) is 0 Å². The van der Waals surface area contributed by atoms with Crippen molar-refractivity contribution in [2.75, 3.05) is 6.61 Å². The molecular weight excluding hydrogens is 261 g/mol. The molecule has 0 saturated carbocycles. The Labute approximate surface area is 77.0 Å². The second-order valence-corrected chi connectivity index (χ2v) is 2.59. The largest absolute Gasteiger partial charge is 0.611 e. The van der Waals surface area contributed by atoms with Crippen molar-refractivity contribution in [3.05, 3.63) is 11.8 Å². The number of amidine groups is 1. The molecule has 0 radical (unpaired) electrons.